The molecule has 2 aromatic rings. The number of nitrogens with zero attached hydrogens (tertiary/aromatic N) is 1. The second-order valence-corrected chi connectivity index (χ2v) is 7.21. The topological polar surface area (TPSA) is 55.8 Å². The van der Waals surface area contributed by atoms with E-state index in [2.05, 4.69) is 6.58 Å². The van der Waals surface area contributed by atoms with Crippen LogP contribution in [-0.4, -0.2) is 36.9 Å². The molecule has 156 valence electrons. The predicted molar refractivity (Wildman–Crippen MR) is 117 cm³/mol. The molecule has 0 spiro atoms. The first-order valence-corrected chi connectivity index (χ1v) is 9.96. The number of benzene rings is 2. The minimum Gasteiger partial charge on any atom is -0.493 e. The van der Waals surface area contributed by atoms with E-state index in [1.807, 2.05) is 59.5 Å². The fourth-order valence-electron chi connectivity index (χ4n) is 3.83. The molecule has 1 amide bonds. The molecule has 1 heterocycles. The molecule has 0 bridgehead atoms. The van der Waals surface area contributed by atoms with Crippen molar-refractivity contribution in [2.75, 3.05) is 14.2 Å². The lowest BCUT2D eigenvalue weighted by molar-refractivity contribution is -0.140. The zero-order valence-electron chi connectivity index (χ0n) is 17.4. The highest BCUT2D eigenvalue weighted by molar-refractivity contribution is 5.86. The van der Waals surface area contributed by atoms with Crippen LogP contribution in [0.1, 0.15) is 36.4 Å². The SMILES string of the molecule is C=CCC(=O)N1[C@@H](/C=C/c2ccccc2)CC(=O)C[C@H]1c1ccc(OC)c(OC)c1. The molecular formula is C25H27NO4. The van der Waals surface area contributed by atoms with Gasteiger partial charge in [0.2, 0.25) is 5.91 Å². The van der Waals surface area contributed by atoms with E-state index in [0.717, 1.165) is 11.1 Å². The number of rotatable bonds is 7. The van der Waals surface area contributed by atoms with Crippen LogP contribution in [0.3, 0.4) is 0 Å². The predicted octanol–water partition coefficient (Wildman–Crippen LogP) is 4.59. The van der Waals surface area contributed by atoms with Crippen molar-refractivity contribution >= 4 is 17.8 Å². The van der Waals surface area contributed by atoms with Crippen molar-refractivity contribution in [3.8, 4) is 11.5 Å². The number of carbonyl (C=O) groups excluding carboxylic acids is 2. The van der Waals surface area contributed by atoms with Crippen LogP contribution >= 0.6 is 0 Å². The summed E-state index contributed by atoms with van der Waals surface area (Å²) in [7, 11) is 3.14. The Labute approximate surface area is 177 Å². The molecule has 5 nitrogen and oxygen atoms in total. The van der Waals surface area contributed by atoms with Gasteiger partial charge in [-0.1, -0.05) is 54.6 Å². The zero-order chi connectivity index (χ0) is 21.5. The average molecular weight is 405 g/mol. The highest BCUT2D eigenvalue weighted by Crippen LogP contribution is 2.38. The standard InChI is InChI=1S/C25H27NO4/c1-4-8-25(28)26-20(13-11-18-9-6-5-7-10-18)16-21(27)17-22(26)19-12-14-23(29-2)24(15-19)30-3/h4-7,9-15,20,22H,1,8,16-17H2,2-3H3/b13-11+/t20-,22-/m0/s1. The molecule has 0 saturated carbocycles. The summed E-state index contributed by atoms with van der Waals surface area (Å²) >= 11 is 0. The number of amides is 1. The molecule has 0 N–H and O–H groups in total. The monoisotopic (exact) mass is 405 g/mol. The molecule has 0 radical (unpaired) electrons. The van der Waals surface area contributed by atoms with Crippen molar-refractivity contribution in [1.82, 2.24) is 4.90 Å². The quantitative estimate of drug-likeness (QED) is 0.632. The van der Waals surface area contributed by atoms with Crippen molar-refractivity contribution in [2.24, 2.45) is 0 Å². The van der Waals surface area contributed by atoms with Crippen molar-refractivity contribution < 1.29 is 19.1 Å². The van der Waals surface area contributed by atoms with Gasteiger partial charge >= 0.3 is 0 Å². The summed E-state index contributed by atoms with van der Waals surface area (Å²) in [5.41, 5.74) is 1.87. The maximum atomic E-state index is 13.0. The Morgan fingerprint density at radius 2 is 1.83 bits per heavy atom. The second kappa shape index (κ2) is 9.92. The molecule has 2 atom stereocenters. The molecule has 30 heavy (non-hydrogen) atoms. The highest BCUT2D eigenvalue weighted by Gasteiger charge is 2.37. The third-order valence-corrected chi connectivity index (χ3v) is 5.26. The van der Waals surface area contributed by atoms with Gasteiger partial charge in [-0.15, -0.1) is 6.58 Å². The second-order valence-electron chi connectivity index (χ2n) is 7.21. The number of likely N-dealkylation sites (tertiary alicyclic amines) is 1. The largest absolute Gasteiger partial charge is 0.493 e. The maximum Gasteiger partial charge on any atom is 0.227 e. The van der Waals surface area contributed by atoms with Crippen LogP contribution in [0.4, 0.5) is 0 Å². The summed E-state index contributed by atoms with van der Waals surface area (Å²) in [5, 5.41) is 0. The van der Waals surface area contributed by atoms with Gasteiger partial charge in [-0.05, 0) is 23.3 Å². The summed E-state index contributed by atoms with van der Waals surface area (Å²) < 4.78 is 10.8. The Morgan fingerprint density at radius 3 is 2.50 bits per heavy atom. The van der Waals surface area contributed by atoms with Gasteiger partial charge in [0.25, 0.3) is 0 Å². The van der Waals surface area contributed by atoms with Crippen LogP contribution in [0, 0.1) is 0 Å². The molecule has 5 heteroatoms. The summed E-state index contributed by atoms with van der Waals surface area (Å²) in [5.74, 6) is 1.24. The highest BCUT2D eigenvalue weighted by atomic mass is 16.5. The summed E-state index contributed by atoms with van der Waals surface area (Å²) in [6, 6.07) is 14.7. The van der Waals surface area contributed by atoms with Crippen molar-refractivity contribution in [1.29, 1.82) is 0 Å². The molecule has 2 aromatic carbocycles. The lowest BCUT2D eigenvalue weighted by atomic mass is 9.88. The van der Waals surface area contributed by atoms with Gasteiger partial charge in [0.05, 0.1) is 26.3 Å². The Bertz CT molecular complexity index is 935. The Hall–Kier alpha value is -3.34. The van der Waals surface area contributed by atoms with Crippen LogP contribution in [0.2, 0.25) is 0 Å². The van der Waals surface area contributed by atoms with E-state index < -0.39 is 0 Å². The molecule has 3 rings (SSSR count). The molecule has 0 aliphatic carbocycles. The van der Waals surface area contributed by atoms with Gasteiger partial charge in [0, 0.05) is 19.3 Å². The molecule has 1 saturated heterocycles. The van der Waals surface area contributed by atoms with E-state index in [4.69, 9.17) is 9.47 Å². The average Bonchev–Trinajstić information content (AvgIpc) is 2.77. The number of ketones is 1. The zero-order valence-corrected chi connectivity index (χ0v) is 17.4. The first-order valence-electron chi connectivity index (χ1n) is 9.96. The van der Waals surface area contributed by atoms with Crippen LogP contribution in [0.15, 0.2) is 67.3 Å². The number of hydrogen-bond donors (Lipinski definition) is 0. The molecular weight excluding hydrogens is 378 g/mol. The van der Waals surface area contributed by atoms with Gasteiger partial charge in [-0.2, -0.15) is 0 Å². The van der Waals surface area contributed by atoms with Crippen LogP contribution in [0.5, 0.6) is 11.5 Å². The number of hydrogen-bond acceptors (Lipinski definition) is 4. The van der Waals surface area contributed by atoms with Crippen LogP contribution in [-0.2, 0) is 9.59 Å². The van der Waals surface area contributed by atoms with Gasteiger partial charge < -0.3 is 14.4 Å². The van der Waals surface area contributed by atoms with Gasteiger partial charge in [-0.3, -0.25) is 9.59 Å². The molecule has 1 fully saturated rings. The van der Waals surface area contributed by atoms with Gasteiger partial charge in [0.15, 0.2) is 11.5 Å². The first-order chi connectivity index (χ1) is 14.6. The Morgan fingerprint density at radius 1 is 1.10 bits per heavy atom. The normalized spacial score (nSPS) is 19.0. The van der Waals surface area contributed by atoms with E-state index in [1.54, 1.807) is 26.4 Å². The lowest BCUT2D eigenvalue weighted by Crippen LogP contribution is -2.47. The molecule has 1 aliphatic heterocycles. The maximum absolute atomic E-state index is 13.0. The third-order valence-electron chi connectivity index (χ3n) is 5.26. The van der Waals surface area contributed by atoms with E-state index in [9.17, 15) is 9.59 Å². The van der Waals surface area contributed by atoms with Gasteiger partial charge in [-0.25, -0.2) is 0 Å². The van der Waals surface area contributed by atoms with Crippen LogP contribution in [0.25, 0.3) is 6.08 Å². The van der Waals surface area contributed by atoms with Crippen molar-refractivity contribution in [2.45, 2.75) is 31.3 Å². The first kappa shape index (κ1) is 21.4. The minimum absolute atomic E-state index is 0.0556. The fraction of sp³-hybridized carbons (Fsp3) is 0.280. The number of piperidine rings is 1. The number of carbonyl (C=O) groups is 2. The Kier molecular flexibility index (Phi) is 7.07. The van der Waals surface area contributed by atoms with E-state index in [1.165, 1.54) is 0 Å². The number of methoxy groups -OCH3 is 2. The minimum atomic E-state index is -0.371. The molecule has 0 unspecified atom stereocenters. The Balaban J connectivity index is 1.99. The van der Waals surface area contributed by atoms with Gasteiger partial charge in [0.1, 0.15) is 5.78 Å². The van der Waals surface area contributed by atoms with Crippen molar-refractivity contribution in [3.63, 3.8) is 0 Å². The number of ether oxygens (including phenoxy) is 2. The fourth-order valence-corrected chi connectivity index (χ4v) is 3.83. The van der Waals surface area contributed by atoms with Crippen LogP contribution < -0.4 is 9.47 Å². The van der Waals surface area contributed by atoms with E-state index >= 15 is 0 Å². The van der Waals surface area contributed by atoms with E-state index in [-0.39, 0.29) is 36.6 Å². The summed E-state index contributed by atoms with van der Waals surface area (Å²) in [6.07, 6.45) is 6.30. The number of Topliss-reactive ketones (excluding diaryl/α,β-unsaturated/α-hetero) is 1. The summed E-state index contributed by atoms with van der Waals surface area (Å²) in [6.45, 7) is 3.71. The van der Waals surface area contributed by atoms with E-state index in [0.29, 0.717) is 17.9 Å². The smallest absolute Gasteiger partial charge is 0.227 e. The van der Waals surface area contributed by atoms with Crippen molar-refractivity contribution in [3.05, 3.63) is 78.4 Å². The molecule has 0 aromatic heterocycles. The lowest BCUT2D eigenvalue weighted by Gasteiger charge is -2.41. The third kappa shape index (κ3) is 4.79. The molecule has 1 aliphatic rings. The summed E-state index contributed by atoms with van der Waals surface area (Å²) in [4.78, 5) is 27.5.